The molecule has 0 amide bonds. The fourth-order valence-electron chi connectivity index (χ4n) is 2.44. The minimum absolute atomic E-state index is 0.0770. The third-order valence-electron chi connectivity index (χ3n) is 3.43. The standard InChI is InChI=1S/C10H14ClN3O2S/c11-10-13-12-9(7-3-4-7)14(10)8-2-1-5-17(15,16)6-8/h7-8H,1-6H2. The van der Waals surface area contributed by atoms with Crippen molar-refractivity contribution in [3.8, 4) is 0 Å². The summed E-state index contributed by atoms with van der Waals surface area (Å²) in [4.78, 5) is 0. The molecule has 3 rings (SSSR count). The first-order valence-corrected chi connectivity index (χ1v) is 8.07. The van der Waals surface area contributed by atoms with Crippen molar-refractivity contribution < 1.29 is 8.42 Å². The first-order chi connectivity index (χ1) is 8.07. The van der Waals surface area contributed by atoms with Crippen LogP contribution in [-0.2, 0) is 9.84 Å². The molecule has 1 saturated carbocycles. The number of hydrogen-bond donors (Lipinski definition) is 0. The lowest BCUT2D eigenvalue weighted by atomic mass is 10.2. The average Bonchev–Trinajstić information content (AvgIpc) is 3.01. The molecule has 2 fully saturated rings. The van der Waals surface area contributed by atoms with Crippen molar-refractivity contribution in [2.75, 3.05) is 11.5 Å². The zero-order valence-corrected chi connectivity index (χ0v) is 10.9. The van der Waals surface area contributed by atoms with Gasteiger partial charge in [0.2, 0.25) is 5.28 Å². The fourth-order valence-corrected chi connectivity index (χ4v) is 4.38. The van der Waals surface area contributed by atoms with E-state index in [1.54, 1.807) is 0 Å². The van der Waals surface area contributed by atoms with Crippen molar-refractivity contribution in [2.45, 2.75) is 37.6 Å². The summed E-state index contributed by atoms with van der Waals surface area (Å²) in [6.45, 7) is 0. The van der Waals surface area contributed by atoms with Gasteiger partial charge in [-0.15, -0.1) is 10.2 Å². The molecule has 2 aliphatic rings. The van der Waals surface area contributed by atoms with Crippen LogP contribution in [0.5, 0.6) is 0 Å². The predicted molar refractivity (Wildman–Crippen MR) is 63.9 cm³/mol. The van der Waals surface area contributed by atoms with Gasteiger partial charge >= 0.3 is 0 Å². The molecule has 17 heavy (non-hydrogen) atoms. The minimum atomic E-state index is -2.93. The lowest BCUT2D eigenvalue weighted by Gasteiger charge is -2.24. The van der Waals surface area contributed by atoms with Crippen molar-refractivity contribution in [3.05, 3.63) is 11.1 Å². The molecule has 1 aliphatic carbocycles. The monoisotopic (exact) mass is 275 g/mol. The second-order valence-electron chi connectivity index (χ2n) is 4.88. The number of sulfone groups is 1. The molecule has 0 aromatic carbocycles. The van der Waals surface area contributed by atoms with Gasteiger partial charge in [-0.1, -0.05) is 0 Å². The first-order valence-electron chi connectivity index (χ1n) is 5.87. The maximum atomic E-state index is 11.7. The highest BCUT2D eigenvalue weighted by Crippen LogP contribution is 2.41. The Morgan fingerprint density at radius 3 is 2.65 bits per heavy atom. The van der Waals surface area contributed by atoms with Crippen LogP contribution in [0.25, 0.3) is 0 Å². The summed E-state index contributed by atoms with van der Waals surface area (Å²) in [5.41, 5.74) is 0. The van der Waals surface area contributed by atoms with Gasteiger partial charge in [0.15, 0.2) is 9.84 Å². The van der Waals surface area contributed by atoms with E-state index < -0.39 is 9.84 Å². The van der Waals surface area contributed by atoms with Crippen molar-refractivity contribution >= 4 is 21.4 Å². The molecule has 5 nitrogen and oxygen atoms in total. The van der Waals surface area contributed by atoms with E-state index in [-0.39, 0.29) is 11.8 Å². The highest BCUT2D eigenvalue weighted by atomic mass is 35.5. The highest BCUT2D eigenvalue weighted by molar-refractivity contribution is 7.91. The van der Waals surface area contributed by atoms with Gasteiger partial charge in [-0.25, -0.2) is 8.42 Å². The Morgan fingerprint density at radius 2 is 2.00 bits per heavy atom. The molecule has 1 atom stereocenters. The Kier molecular flexibility index (Phi) is 2.66. The average molecular weight is 276 g/mol. The van der Waals surface area contributed by atoms with Crippen molar-refractivity contribution in [3.63, 3.8) is 0 Å². The van der Waals surface area contributed by atoms with Crippen molar-refractivity contribution in [2.24, 2.45) is 0 Å². The molecular weight excluding hydrogens is 262 g/mol. The van der Waals surface area contributed by atoms with E-state index in [0.29, 0.717) is 23.4 Å². The van der Waals surface area contributed by atoms with Crippen LogP contribution in [0.2, 0.25) is 5.28 Å². The molecule has 94 valence electrons. The van der Waals surface area contributed by atoms with Gasteiger partial charge in [0.05, 0.1) is 17.5 Å². The third-order valence-corrected chi connectivity index (χ3v) is 5.49. The van der Waals surface area contributed by atoms with Crippen LogP contribution in [0.1, 0.15) is 43.5 Å². The quantitative estimate of drug-likeness (QED) is 0.822. The van der Waals surface area contributed by atoms with E-state index in [1.165, 1.54) is 0 Å². The number of hydrogen-bond acceptors (Lipinski definition) is 4. The van der Waals surface area contributed by atoms with Gasteiger partial charge in [-0.2, -0.15) is 0 Å². The summed E-state index contributed by atoms with van der Waals surface area (Å²) >= 11 is 6.04. The van der Waals surface area contributed by atoms with Gasteiger partial charge in [-0.3, -0.25) is 4.57 Å². The van der Waals surface area contributed by atoms with Crippen LogP contribution < -0.4 is 0 Å². The topological polar surface area (TPSA) is 64.8 Å². The van der Waals surface area contributed by atoms with Gasteiger partial charge in [0.1, 0.15) is 5.82 Å². The number of aromatic nitrogens is 3. The molecule has 1 aromatic rings. The van der Waals surface area contributed by atoms with E-state index in [1.807, 2.05) is 4.57 Å². The van der Waals surface area contributed by atoms with Gasteiger partial charge in [-0.05, 0) is 37.3 Å². The smallest absolute Gasteiger partial charge is 0.225 e. The Bertz CT molecular complexity index is 536. The molecule has 0 bridgehead atoms. The summed E-state index contributed by atoms with van der Waals surface area (Å²) in [7, 11) is -2.93. The Labute approximate surface area is 105 Å². The fraction of sp³-hybridized carbons (Fsp3) is 0.800. The molecule has 0 spiro atoms. The largest absolute Gasteiger partial charge is 0.297 e. The zero-order valence-electron chi connectivity index (χ0n) is 9.34. The molecular formula is C10H14ClN3O2S. The lowest BCUT2D eigenvalue weighted by molar-refractivity contribution is 0.457. The third kappa shape index (κ3) is 2.20. The number of halogens is 1. The van der Waals surface area contributed by atoms with Gasteiger partial charge in [0, 0.05) is 5.92 Å². The van der Waals surface area contributed by atoms with Crippen molar-refractivity contribution in [1.29, 1.82) is 0 Å². The van der Waals surface area contributed by atoms with E-state index in [0.717, 1.165) is 25.1 Å². The van der Waals surface area contributed by atoms with E-state index in [4.69, 9.17) is 11.6 Å². The molecule has 1 unspecified atom stereocenters. The maximum absolute atomic E-state index is 11.7. The summed E-state index contributed by atoms with van der Waals surface area (Å²) in [5, 5.41) is 8.30. The second-order valence-corrected chi connectivity index (χ2v) is 7.45. The number of nitrogens with zero attached hydrogens (tertiary/aromatic N) is 3. The first kappa shape index (κ1) is 11.5. The van der Waals surface area contributed by atoms with Crippen LogP contribution in [0.15, 0.2) is 0 Å². The highest BCUT2D eigenvalue weighted by Gasteiger charge is 2.35. The molecule has 0 N–H and O–H groups in total. The number of rotatable bonds is 2. The van der Waals surface area contributed by atoms with E-state index in [9.17, 15) is 8.42 Å². The normalized spacial score (nSPS) is 28.2. The van der Waals surface area contributed by atoms with Gasteiger partial charge < -0.3 is 0 Å². The molecule has 0 radical (unpaired) electrons. The van der Waals surface area contributed by atoms with E-state index >= 15 is 0 Å². The summed E-state index contributed by atoms with van der Waals surface area (Å²) in [6.07, 6.45) is 3.76. The van der Waals surface area contributed by atoms with E-state index in [2.05, 4.69) is 10.2 Å². The SMILES string of the molecule is O=S1(=O)CCCC(n2c(Cl)nnc2C2CC2)C1. The van der Waals surface area contributed by atoms with Crippen LogP contribution in [0.4, 0.5) is 0 Å². The minimum Gasteiger partial charge on any atom is -0.297 e. The van der Waals surface area contributed by atoms with Crippen LogP contribution in [-0.4, -0.2) is 34.7 Å². The van der Waals surface area contributed by atoms with Crippen LogP contribution in [0, 0.1) is 0 Å². The molecule has 1 aromatic heterocycles. The Balaban J connectivity index is 1.95. The molecule has 1 aliphatic heterocycles. The molecule has 1 saturated heterocycles. The van der Waals surface area contributed by atoms with Gasteiger partial charge in [0.25, 0.3) is 0 Å². The maximum Gasteiger partial charge on any atom is 0.225 e. The lowest BCUT2D eigenvalue weighted by Crippen LogP contribution is -2.28. The Morgan fingerprint density at radius 1 is 1.24 bits per heavy atom. The summed E-state index contributed by atoms with van der Waals surface area (Å²) < 4.78 is 25.2. The molecule has 2 heterocycles. The zero-order chi connectivity index (χ0) is 12.0. The van der Waals surface area contributed by atoms with Crippen molar-refractivity contribution in [1.82, 2.24) is 14.8 Å². The summed E-state index contributed by atoms with van der Waals surface area (Å²) in [5.74, 6) is 1.77. The summed E-state index contributed by atoms with van der Waals surface area (Å²) in [6, 6.07) is -0.0770. The second kappa shape index (κ2) is 3.95. The molecule has 7 heteroatoms. The van der Waals surface area contributed by atoms with Crippen LogP contribution >= 0.6 is 11.6 Å². The van der Waals surface area contributed by atoms with Crippen LogP contribution in [0.3, 0.4) is 0 Å². The predicted octanol–water partition coefficient (Wildman–Crippen LogP) is 1.56. The Hall–Kier alpha value is -0.620.